The molecule has 9 nitrogen and oxygen atoms in total. The monoisotopic (exact) mass is 662 g/mol. The second-order valence-electron chi connectivity index (χ2n) is 12.8. The summed E-state index contributed by atoms with van der Waals surface area (Å²) in [4.78, 5) is 41.5. The van der Waals surface area contributed by atoms with E-state index in [-0.39, 0.29) is 46.4 Å². The maximum absolute atomic E-state index is 15.9. The van der Waals surface area contributed by atoms with Crippen LogP contribution in [-0.2, 0) is 17.9 Å². The van der Waals surface area contributed by atoms with E-state index >= 15 is 8.78 Å². The van der Waals surface area contributed by atoms with Crippen LogP contribution in [0, 0.1) is 18.6 Å². The summed E-state index contributed by atoms with van der Waals surface area (Å²) >= 11 is 7.02. The highest BCUT2D eigenvalue weighted by Gasteiger charge is 2.35. The van der Waals surface area contributed by atoms with Gasteiger partial charge in [0.15, 0.2) is 17.4 Å². The summed E-state index contributed by atoms with van der Waals surface area (Å²) in [5.41, 5.74) is 2.98. The first kappa shape index (κ1) is 32.6. The summed E-state index contributed by atoms with van der Waals surface area (Å²) in [5.74, 6) is -1.75. The fourth-order valence-electron chi connectivity index (χ4n) is 6.76. The van der Waals surface area contributed by atoms with Crippen molar-refractivity contribution in [3.8, 4) is 22.6 Å². The molecule has 0 N–H and O–H groups in total. The lowest BCUT2D eigenvalue weighted by Crippen LogP contribution is -2.54. The molecule has 6 rings (SSSR count). The van der Waals surface area contributed by atoms with Gasteiger partial charge in [0.05, 0.1) is 16.4 Å². The van der Waals surface area contributed by atoms with Gasteiger partial charge in [-0.25, -0.2) is 13.6 Å². The molecule has 1 atom stereocenters. The van der Waals surface area contributed by atoms with Crippen molar-refractivity contribution in [3.05, 3.63) is 86.6 Å². The summed E-state index contributed by atoms with van der Waals surface area (Å²) in [5, 5.41) is 0.623. The van der Waals surface area contributed by atoms with Gasteiger partial charge in [0.1, 0.15) is 17.9 Å². The molecule has 2 aliphatic heterocycles. The van der Waals surface area contributed by atoms with E-state index in [1.165, 1.54) is 16.7 Å². The number of rotatable bonds is 6. The van der Waals surface area contributed by atoms with Crippen LogP contribution in [-0.4, -0.2) is 70.0 Å². The van der Waals surface area contributed by atoms with E-state index in [1.807, 2.05) is 57.7 Å². The van der Waals surface area contributed by atoms with Crippen LogP contribution in [0.15, 0.2) is 41.8 Å². The third kappa shape index (κ3) is 5.45. The van der Waals surface area contributed by atoms with Crippen LogP contribution in [0.5, 0.6) is 5.75 Å². The van der Waals surface area contributed by atoms with Crippen LogP contribution in [0.25, 0.3) is 27.7 Å². The fraction of sp³-hybridized carbons (Fsp3) is 0.371. The minimum Gasteiger partial charge on any atom is -0.486 e. The third-order valence-electron chi connectivity index (χ3n) is 8.89. The molecule has 0 spiro atoms. The minimum atomic E-state index is -1.03. The summed E-state index contributed by atoms with van der Waals surface area (Å²) < 4.78 is 39.1. The molecule has 2 aromatic heterocycles. The summed E-state index contributed by atoms with van der Waals surface area (Å²) in [6.45, 7) is 12.9. The second-order valence-corrected chi connectivity index (χ2v) is 13.2. The summed E-state index contributed by atoms with van der Waals surface area (Å²) in [7, 11) is 3.69. The Balaban J connectivity index is 1.71. The molecule has 1 saturated heterocycles. The third-order valence-corrected chi connectivity index (χ3v) is 9.19. The van der Waals surface area contributed by atoms with E-state index < -0.39 is 17.3 Å². The van der Waals surface area contributed by atoms with Crippen LogP contribution in [0.4, 0.5) is 14.6 Å². The largest absolute Gasteiger partial charge is 0.486 e. The average molecular weight is 663 g/mol. The lowest BCUT2D eigenvalue weighted by Gasteiger charge is -2.40. The zero-order chi connectivity index (χ0) is 33.9. The Morgan fingerprint density at radius 1 is 1.23 bits per heavy atom. The van der Waals surface area contributed by atoms with Crippen LogP contribution < -0.4 is 15.3 Å². The van der Waals surface area contributed by atoms with E-state index in [4.69, 9.17) is 16.3 Å². The maximum atomic E-state index is 15.9. The van der Waals surface area contributed by atoms with Gasteiger partial charge in [-0.3, -0.25) is 14.3 Å². The number of aryl methyl sites for hydroxylation is 1. The van der Waals surface area contributed by atoms with Gasteiger partial charge in [-0.2, -0.15) is 4.98 Å². The highest BCUT2D eigenvalue weighted by Crippen LogP contribution is 2.50. The Morgan fingerprint density at radius 3 is 2.64 bits per heavy atom. The van der Waals surface area contributed by atoms with Crippen molar-refractivity contribution in [1.82, 2.24) is 24.3 Å². The van der Waals surface area contributed by atoms with Crippen LogP contribution in [0.3, 0.4) is 0 Å². The first-order valence-corrected chi connectivity index (χ1v) is 15.9. The van der Waals surface area contributed by atoms with E-state index in [2.05, 4.69) is 16.5 Å². The van der Waals surface area contributed by atoms with E-state index in [1.54, 1.807) is 17.2 Å². The maximum Gasteiger partial charge on any atom is 0.354 e. The van der Waals surface area contributed by atoms with Gasteiger partial charge in [-0.05, 0) is 69.3 Å². The Hall–Kier alpha value is -4.35. The zero-order valence-electron chi connectivity index (χ0n) is 27.3. The summed E-state index contributed by atoms with van der Waals surface area (Å²) in [6, 6.07) is 4.44. The lowest BCUT2D eigenvalue weighted by molar-refractivity contribution is -0.126. The number of carbonyl (C=O) groups excluding carboxylic acids is 1. The van der Waals surface area contributed by atoms with E-state index in [0.717, 1.165) is 5.56 Å². The zero-order valence-corrected chi connectivity index (χ0v) is 28.1. The number of piperazine rings is 1. The molecule has 0 bridgehead atoms. The number of fused-ring (bicyclic) bond motifs is 5. The predicted molar refractivity (Wildman–Crippen MR) is 180 cm³/mol. The molecule has 12 heteroatoms. The van der Waals surface area contributed by atoms with Crippen molar-refractivity contribution in [3.63, 3.8) is 0 Å². The Bertz CT molecular complexity index is 2010. The highest BCUT2D eigenvalue weighted by atomic mass is 35.5. The van der Waals surface area contributed by atoms with Crippen LogP contribution in [0.2, 0.25) is 5.02 Å². The van der Waals surface area contributed by atoms with Gasteiger partial charge in [-0.15, -0.1) is 0 Å². The lowest BCUT2D eigenvalue weighted by atomic mass is 9.90. The molecule has 1 amide bonds. The standard InChI is InChI=1S/C35H37ClF2N6O3/c1-8-26(45)42-11-12-43(20(5)15-42)34-22-14-24(36)28-27-23(21(16-41(6)7)13-25(37)29(27)38)17-47-33(28)32(22)44(35(46)40-34)31-19(4)9-10-39-30(31)18(2)3/h8-10,13-14,18,20H,1,11-12,15-17H2,2-7H3/t20-/m0/s1. The van der Waals surface area contributed by atoms with Gasteiger partial charge in [0, 0.05) is 60.5 Å². The van der Waals surface area contributed by atoms with E-state index in [9.17, 15) is 9.59 Å². The Morgan fingerprint density at radius 2 is 1.98 bits per heavy atom. The molecule has 2 aliphatic rings. The molecule has 0 unspecified atom stereocenters. The molecule has 4 aromatic rings. The van der Waals surface area contributed by atoms with Crippen molar-refractivity contribution < 1.29 is 18.3 Å². The van der Waals surface area contributed by atoms with Gasteiger partial charge >= 0.3 is 5.69 Å². The number of benzene rings is 2. The van der Waals surface area contributed by atoms with Gasteiger partial charge in [-0.1, -0.05) is 32.0 Å². The number of carbonyl (C=O) groups is 1. The van der Waals surface area contributed by atoms with Crippen molar-refractivity contribution in [2.45, 2.75) is 52.8 Å². The number of hydrogen-bond acceptors (Lipinski definition) is 7. The molecule has 47 heavy (non-hydrogen) atoms. The fourth-order valence-corrected chi connectivity index (χ4v) is 7.05. The quantitative estimate of drug-likeness (QED) is 0.235. The highest BCUT2D eigenvalue weighted by molar-refractivity contribution is 6.35. The minimum absolute atomic E-state index is 0.0178. The normalized spacial score (nSPS) is 16.0. The topological polar surface area (TPSA) is 83.8 Å². The number of aromatic nitrogens is 3. The Kier molecular flexibility index (Phi) is 8.56. The van der Waals surface area contributed by atoms with Gasteiger partial charge in [0.25, 0.3) is 0 Å². The van der Waals surface area contributed by atoms with Crippen molar-refractivity contribution in [1.29, 1.82) is 0 Å². The average Bonchev–Trinajstić information content (AvgIpc) is 3.02. The molecule has 2 aromatic carbocycles. The number of pyridine rings is 1. The van der Waals surface area contributed by atoms with Crippen LogP contribution in [0.1, 0.15) is 49.1 Å². The van der Waals surface area contributed by atoms with Gasteiger partial charge in [0.2, 0.25) is 5.91 Å². The number of amides is 1. The molecular formula is C35H37ClF2N6O3. The Labute approximate surface area is 277 Å². The summed E-state index contributed by atoms with van der Waals surface area (Å²) in [6.07, 6.45) is 2.98. The number of ether oxygens (including phenoxy) is 1. The van der Waals surface area contributed by atoms with Crippen molar-refractivity contribution >= 4 is 34.2 Å². The number of nitrogens with zero attached hydrogens (tertiary/aromatic N) is 6. The van der Waals surface area contributed by atoms with E-state index in [0.29, 0.717) is 65.4 Å². The van der Waals surface area contributed by atoms with Crippen molar-refractivity contribution in [2.24, 2.45) is 0 Å². The number of halogens is 3. The molecule has 0 radical (unpaired) electrons. The molecule has 4 heterocycles. The number of hydrogen-bond donors (Lipinski definition) is 0. The first-order valence-electron chi connectivity index (χ1n) is 15.5. The first-order chi connectivity index (χ1) is 22.3. The number of anilines is 1. The van der Waals surface area contributed by atoms with Crippen molar-refractivity contribution in [2.75, 3.05) is 38.6 Å². The smallest absolute Gasteiger partial charge is 0.354 e. The SMILES string of the molecule is C=CC(=O)N1CCN(c2nc(=O)n(-c3c(C)ccnc3C(C)C)c3c4c(c(Cl)cc23)-c2c(F)c(F)cc(CN(C)C)c2CO4)[C@@H](C)C1. The molecule has 1 fully saturated rings. The second kappa shape index (κ2) is 12.4. The predicted octanol–water partition coefficient (Wildman–Crippen LogP) is 5.99. The molecule has 246 valence electrons. The molecule has 0 saturated carbocycles. The molecular weight excluding hydrogens is 626 g/mol. The van der Waals surface area contributed by atoms with Gasteiger partial charge < -0.3 is 19.4 Å². The molecule has 0 aliphatic carbocycles. The van der Waals surface area contributed by atoms with Crippen LogP contribution >= 0.6 is 11.6 Å².